The molecule has 4 rings (SSSR count). The van der Waals surface area contributed by atoms with E-state index in [2.05, 4.69) is 15.5 Å². The Balaban J connectivity index is 1.76. The SMILES string of the molecule is O=c1c2ccccc2nc2n1CCC/C2=N/Nc1ccc(F)cc1. The average Bonchev–Trinajstić information content (AvgIpc) is 2.62. The minimum Gasteiger partial charge on any atom is -0.291 e. The van der Waals surface area contributed by atoms with Crippen molar-refractivity contribution in [3.05, 3.63) is 70.5 Å². The van der Waals surface area contributed by atoms with Crippen LogP contribution in [0.2, 0.25) is 0 Å². The van der Waals surface area contributed by atoms with Crippen LogP contribution in [0.3, 0.4) is 0 Å². The van der Waals surface area contributed by atoms with Gasteiger partial charge in [0, 0.05) is 6.54 Å². The van der Waals surface area contributed by atoms with Gasteiger partial charge in [-0.05, 0) is 49.2 Å². The van der Waals surface area contributed by atoms with Crippen LogP contribution in [0.1, 0.15) is 18.7 Å². The van der Waals surface area contributed by atoms with Gasteiger partial charge in [-0.3, -0.25) is 14.8 Å². The lowest BCUT2D eigenvalue weighted by Gasteiger charge is -2.19. The van der Waals surface area contributed by atoms with Crippen molar-refractivity contribution in [2.75, 3.05) is 5.43 Å². The number of anilines is 1. The highest BCUT2D eigenvalue weighted by Gasteiger charge is 2.20. The summed E-state index contributed by atoms with van der Waals surface area (Å²) in [7, 11) is 0. The van der Waals surface area contributed by atoms with E-state index in [1.165, 1.54) is 12.1 Å². The Labute approximate surface area is 137 Å². The van der Waals surface area contributed by atoms with Crippen LogP contribution in [0, 0.1) is 5.82 Å². The molecule has 1 N–H and O–H groups in total. The molecule has 2 aromatic carbocycles. The van der Waals surface area contributed by atoms with E-state index >= 15 is 0 Å². The number of fused-ring (bicyclic) bond motifs is 2. The molecule has 0 saturated carbocycles. The zero-order chi connectivity index (χ0) is 16.5. The van der Waals surface area contributed by atoms with Crippen molar-refractivity contribution in [2.24, 2.45) is 5.10 Å². The van der Waals surface area contributed by atoms with Crippen molar-refractivity contribution in [1.82, 2.24) is 9.55 Å². The van der Waals surface area contributed by atoms with Gasteiger partial charge in [-0.25, -0.2) is 9.37 Å². The molecule has 1 aliphatic rings. The summed E-state index contributed by atoms with van der Waals surface area (Å²) < 4.78 is 14.6. The molecule has 2 heterocycles. The lowest BCUT2D eigenvalue weighted by atomic mass is 10.1. The van der Waals surface area contributed by atoms with E-state index in [1.807, 2.05) is 18.2 Å². The van der Waals surface area contributed by atoms with Gasteiger partial charge in [-0.2, -0.15) is 5.10 Å². The Bertz CT molecular complexity index is 992. The van der Waals surface area contributed by atoms with Crippen molar-refractivity contribution in [3.8, 4) is 0 Å². The molecule has 1 aliphatic heterocycles. The zero-order valence-corrected chi connectivity index (χ0v) is 12.9. The Morgan fingerprint density at radius 3 is 2.75 bits per heavy atom. The molecular formula is C18H15FN4O. The number of halogens is 1. The van der Waals surface area contributed by atoms with E-state index < -0.39 is 0 Å². The molecule has 0 atom stereocenters. The van der Waals surface area contributed by atoms with Crippen molar-refractivity contribution in [3.63, 3.8) is 0 Å². The molecular weight excluding hydrogens is 307 g/mol. The Hall–Kier alpha value is -3.02. The Kier molecular flexibility index (Phi) is 3.57. The first-order valence-electron chi connectivity index (χ1n) is 7.80. The molecule has 3 aromatic rings. The third kappa shape index (κ3) is 2.56. The van der Waals surface area contributed by atoms with Crippen LogP contribution in [-0.2, 0) is 6.54 Å². The van der Waals surface area contributed by atoms with Crippen LogP contribution in [0.5, 0.6) is 0 Å². The van der Waals surface area contributed by atoms with Crippen LogP contribution < -0.4 is 11.0 Å². The van der Waals surface area contributed by atoms with Gasteiger partial charge in [0.1, 0.15) is 11.5 Å². The molecule has 0 saturated heterocycles. The van der Waals surface area contributed by atoms with E-state index in [1.54, 1.807) is 22.8 Å². The van der Waals surface area contributed by atoms with Crippen LogP contribution in [0.4, 0.5) is 10.1 Å². The first-order chi connectivity index (χ1) is 11.7. The third-order valence-electron chi connectivity index (χ3n) is 4.08. The molecule has 120 valence electrons. The van der Waals surface area contributed by atoms with Gasteiger partial charge in [0.15, 0.2) is 5.82 Å². The first-order valence-corrected chi connectivity index (χ1v) is 7.80. The molecule has 0 amide bonds. The molecule has 0 bridgehead atoms. The molecule has 24 heavy (non-hydrogen) atoms. The predicted molar refractivity (Wildman–Crippen MR) is 91.8 cm³/mol. The molecule has 0 spiro atoms. The van der Waals surface area contributed by atoms with Gasteiger partial charge in [-0.15, -0.1) is 0 Å². The topological polar surface area (TPSA) is 59.3 Å². The predicted octanol–water partition coefficient (Wildman–Crippen LogP) is 3.15. The fraction of sp³-hybridized carbons (Fsp3) is 0.167. The number of nitrogens with one attached hydrogen (secondary N) is 1. The van der Waals surface area contributed by atoms with E-state index in [0.29, 0.717) is 29.0 Å². The van der Waals surface area contributed by atoms with Crippen LogP contribution in [0.25, 0.3) is 10.9 Å². The van der Waals surface area contributed by atoms with Gasteiger partial charge in [-0.1, -0.05) is 12.1 Å². The highest BCUT2D eigenvalue weighted by molar-refractivity contribution is 5.99. The summed E-state index contributed by atoms with van der Waals surface area (Å²) in [6, 6.07) is 13.3. The summed E-state index contributed by atoms with van der Waals surface area (Å²) in [5.74, 6) is 0.301. The van der Waals surface area contributed by atoms with Gasteiger partial charge >= 0.3 is 0 Å². The smallest absolute Gasteiger partial charge is 0.261 e. The Morgan fingerprint density at radius 2 is 1.92 bits per heavy atom. The molecule has 0 fully saturated rings. The molecule has 6 heteroatoms. The van der Waals surface area contributed by atoms with Gasteiger partial charge in [0.25, 0.3) is 5.56 Å². The van der Waals surface area contributed by atoms with Crippen molar-refractivity contribution < 1.29 is 4.39 Å². The maximum atomic E-state index is 13.0. The normalized spacial score (nSPS) is 15.5. The van der Waals surface area contributed by atoms with E-state index in [4.69, 9.17) is 0 Å². The maximum absolute atomic E-state index is 13.0. The fourth-order valence-corrected chi connectivity index (χ4v) is 2.87. The minimum atomic E-state index is -0.295. The molecule has 0 radical (unpaired) electrons. The highest BCUT2D eigenvalue weighted by Crippen LogP contribution is 2.16. The van der Waals surface area contributed by atoms with E-state index in [0.717, 1.165) is 18.6 Å². The largest absolute Gasteiger partial charge is 0.291 e. The number of nitrogens with zero attached hydrogens (tertiary/aromatic N) is 3. The molecule has 0 unspecified atom stereocenters. The second-order valence-electron chi connectivity index (χ2n) is 5.69. The standard InChI is InChI=1S/C18H15FN4O/c19-12-7-9-13(10-8-12)21-22-16-6-3-11-23-17(16)20-15-5-2-1-4-14(15)18(23)24/h1-2,4-5,7-10,21H,3,6,11H2/b22-16-. The second-order valence-corrected chi connectivity index (χ2v) is 5.69. The summed E-state index contributed by atoms with van der Waals surface area (Å²) in [5.41, 5.74) is 4.96. The number of para-hydroxylation sites is 1. The lowest BCUT2D eigenvalue weighted by Crippen LogP contribution is -2.32. The van der Waals surface area contributed by atoms with Crippen molar-refractivity contribution in [1.29, 1.82) is 0 Å². The number of rotatable bonds is 2. The lowest BCUT2D eigenvalue weighted by molar-refractivity contribution is 0.597. The summed E-state index contributed by atoms with van der Waals surface area (Å²) in [6.07, 6.45) is 1.57. The highest BCUT2D eigenvalue weighted by atomic mass is 19.1. The number of hydrogen-bond donors (Lipinski definition) is 1. The Morgan fingerprint density at radius 1 is 1.12 bits per heavy atom. The first kappa shape index (κ1) is 14.6. The van der Waals surface area contributed by atoms with Gasteiger partial charge < -0.3 is 0 Å². The second kappa shape index (κ2) is 5.88. The summed E-state index contributed by atoms with van der Waals surface area (Å²) in [4.78, 5) is 17.3. The molecule has 1 aromatic heterocycles. The summed E-state index contributed by atoms with van der Waals surface area (Å²) in [6.45, 7) is 0.640. The average molecular weight is 322 g/mol. The van der Waals surface area contributed by atoms with Crippen LogP contribution in [-0.4, -0.2) is 15.3 Å². The van der Waals surface area contributed by atoms with Crippen LogP contribution >= 0.6 is 0 Å². The maximum Gasteiger partial charge on any atom is 0.261 e. The molecule has 5 nitrogen and oxygen atoms in total. The van der Waals surface area contributed by atoms with E-state index in [9.17, 15) is 9.18 Å². The number of hydrazone groups is 1. The van der Waals surface area contributed by atoms with E-state index in [-0.39, 0.29) is 11.4 Å². The van der Waals surface area contributed by atoms with Crippen molar-refractivity contribution in [2.45, 2.75) is 19.4 Å². The quantitative estimate of drug-likeness (QED) is 0.737. The van der Waals surface area contributed by atoms with Crippen molar-refractivity contribution >= 4 is 22.3 Å². The van der Waals surface area contributed by atoms with Crippen LogP contribution in [0.15, 0.2) is 58.4 Å². The summed E-state index contributed by atoms with van der Waals surface area (Å²) in [5, 5.41) is 5.01. The minimum absolute atomic E-state index is 0.0372. The monoisotopic (exact) mass is 322 g/mol. The zero-order valence-electron chi connectivity index (χ0n) is 12.9. The number of hydrogen-bond acceptors (Lipinski definition) is 4. The number of aromatic nitrogens is 2. The van der Waals surface area contributed by atoms with Gasteiger partial charge in [0.2, 0.25) is 0 Å². The number of benzene rings is 2. The third-order valence-corrected chi connectivity index (χ3v) is 4.08. The van der Waals surface area contributed by atoms with Gasteiger partial charge in [0.05, 0.1) is 16.6 Å². The summed E-state index contributed by atoms with van der Waals surface area (Å²) >= 11 is 0. The fourth-order valence-electron chi connectivity index (χ4n) is 2.87. The molecule has 0 aliphatic carbocycles.